The summed E-state index contributed by atoms with van der Waals surface area (Å²) in [7, 11) is 1.67. The van der Waals surface area contributed by atoms with Gasteiger partial charge in [-0.05, 0) is 73.6 Å². The minimum Gasteiger partial charge on any atom is -0.497 e. The summed E-state index contributed by atoms with van der Waals surface area (Å²) < 4.78 is 8.55. The maximum absolute atomic E-state index is 12.9. The lowest BCUT2D eigenvalue weighted by atomic mass is 9.90. The maximum Gasteiger partial charge on any atom is 0.279 e. The Morgan fingerprint density at radius 2 is 1.96 bits per heavy atom. The summed E-state index contributed by atoms with van der Waals surface area (Å²) in [6.45, 7) is 2.97. The van der Waals surface area contributed by atoms with Crippen molar-refractivity contribution in [2.45, 2.75) is 45.6 Å². The number of ether oxygens (including phenoxy) is 1. The number of amides is 1. The van der Waals surface area contributed by atoms with Gasteiger partial charge in [0.2, 0.25) is 0 Å². The molecule has 0 atom stereocenters. The highest BCUT2D eigenvalue weighted by molar-refractivity contribution is 7.16. The molecule has 4 nitrogen and oxygen atoms in total. The van der Waals surface area contributed by atoms with Gasteiger partial charge in [0, 0.05) is 12.1 Å². The molecule has 1 amide bonds. The van der Waals surface area contributed by atoms with Gasteiger partial charge < -0.3 is 9.30 Å². The van der Waals surface area contributed by atoms with E-state index in [0.29, 0.717) is 5.56 Å². The second-order valence-electron chi connectivity index (χ2n) is 6.98. The van der Waals surface area contributed by atoms with Gasteiger partial charge in [0.25, 0.3) is 5.91 Å². The number of hydrogen-bond donors (Lipinski definition) is 0. The summed E-state index contributed by atoms with van der Waals surface area (Å²) >= 11 is 1.54. The van der Waals surface area contributed by atoms with Gasteiger partial charge in [-0.25, -0.2) is 0 Å². The first-order valence-corrected chi connectivity index (χ1v) is 10.4. The quantitative estimate of drug-likeness (QED) is 0.656. The molecule has 0 spiro atoms. The monoisotopic (exact) mass is 380 g/mol. The number of hydrogen-bond acceptors (Lipinski definition) is 3. The van der Waals surface area contributed by atoms with Crippen LogP contribution in [0.4, 0.5) is 0 Å². The molecule has 0 N–H and O–H groups in total. The molecular weight excluding hydrogens is 356 g/mol. The zero-order chi connectivity index (χ0) is 18.8. The van der Waals surface area contributed by atoms with Crippen LogP contribution in [-0.2, 0) is 19.4 Å². The first-order valence-electron chi connectivity index (χ1n) is 9.58. The number of carbonyl (C=O) groups is 1. The zero-order valence-electron chi connectivity index (χ0n) is 15.8. The van der Waals surface area contributed by atoms with E-state index in [0.717, 1.165) is 46.6 Å². The smallest absolute Gasteiger partial charge is 0.279 e. The molecule has 0 aliphatic heterocycles. The van der Waals surface area contributed by atoms with Crippen molar-refractivity contribution in [1.82, 2.24) is 4.57 Å². The SMILES string of the molecule is CCCn1c(=NC(=O)c2ccc3c(c2)CCCC3)sc2cc(OC)ccc21. The standard InChI is InChI=1S/C22H24N2O2S/c1-3-12-24-19-11-10-18(26-2)14-20(19)27-22(24)23-21(25)17-9-8-15-6-4-5-7-16(15)13-17/h8-11,13-14H,3-7,12H2,1-2H3. The van der Waals surface area contributed by atoms with Crippen LogP contribution in [0.3, 0.4) is 0 Å². The molecule has 140 valence electrons. The summed E-state index contributed by atoms with van der Waals surface area (Å²) in [5, 5.41) is 0. The van der Waals surface area contributed by atoms with Crippen LogP contribution in [-0.4, -0.2) is 17.6 Å². The third-order valence-electron chi connectivity index (χ3n) is 5.13. The fourth-order valence-corrected chi connectivity index (χ4v) is 4.81. The van der Waals surface area contributed by atoms with Crippen LogP contribution in [0.15, 0.2) is 41.4 Å². The highest BCUT2D eigenvalue weighted by atomic mass is 32.1. The van der Waals surface area contributed by atoms with Gasteiger partial charge in [-0.3, -0.25) is 4.79 Å². The second kappa shape index (κ2) is 7.69. The Morgan fingerprint density at radius 1 is 1.15 bits per heavy atom. The number of fused-ring (bicyclic) bond motifs is 2. The summed E-state index contributed by atoms with van der Waals surface area (Å²) in [4.78, 5) is 18.1. The van der Waals surface area contributed by atoms with Crippen molar-refractivity contribution in [1.29, 1.82) is 0 Å². The number of rotatable bonds is 4. The number of nitrogens with zero attached hydrogens (tertiary/aromatic N) is 2. The van der Waals surface area contributed by atoms with Gasteiger partial charge in [-0.2, -0.15) is 4.99 Å². The van der Waals surface area contributed by atoms with Crippen LogP contribution in [0.2, 0.25) is 0 Å². The number of benzene rings is 2. The van der Waals surface area contributed by atoms with E-state index in [1.165, 1.54) is 24.0 Å². The molecule has 1 aromatic heterocycles. The van der Waals surface area contributed by atoms with Crippen molar-refractivity contribution < 1.29 is 9.53 Å². The fourth-order valence-electron chi connectivity index (χ4n) is 3.72. The molecule has 2 aromatic carbocycles. The molecule has 5 heteroatoms. The number of carbonyl (C=O) groups excluding carboxylic acids is 1. The second-order valence-corrected chi connectivity index (χ2v) is 7.99. The van der Waals surface area contributed by atoms with Gasteiger partial charge in [-0.15, -0.1) is 0 Å². The zero-order valence-corrected chi connectivity index (χ0v) is 16.6. The Labute approximate surface area is 163 Å². The van der Waals surface area contributed by atoms with Gasteiger partial charge >= 0.3 is 0 Å². The van der Waals surface area contributed by atoms with Crippen molar-refractivity contribution in [2.24, 2.45) is 4.99 Å². The molecule has 0 unspecified atom stereocenters. The van der Waals surface area contributed by atoms with Crippen LogP contribution < -0.4 is 9.54 Å². The Bertz CT molecular complexity index is 1060. The summed E-state index contributed by atoms with van der Waals surface area (Å²) in [6.07, 6.45) is 5.62. The highest BCUT2D eigenvalue weighted by Gasteiger charge is 2.14. The van der Waals surface area contributed by atoms with E-state index in [-0.39, 0.29) is 5.91 Å². The minimum absolute atomic E-state index is 0.160. The number of aryl methyl sites for hydroxylation is 3. The Morgan fingerprint density at radius 3 is 2.74 bits per heavy atom. The lowest BCUT2D eigenvalue weighted by molar-refractivity contribution is 0.0997. The first kappa shape index (κ1) is 18.0. The first-order chi connectivity index (χ1) is 13.2. The van der Waals surface area contributed by atoms with Crippen molar-refractivity contribution >= 4 is 27.5 Å². The minimum atomic E-state index is -0.160. The Kier molecular flexibility index (Phi) is 5.12. The predicted octanol–water partition coefficient (Wildman–Crippen LogP) is 4.74. The van der Waals surface area contributed by atoms with Crippen molar-refractivity contribution in [2.75, 3.05) is 7.11 Å². The molecule has 0 radical (unpaired) electrons. The largest absolute Gasteiger partial charge is 0.497 e. The normalized spacial score (nSPS) is 14.4. The third kappa shape index (κ3) is 3.56. The summed E-state index contributed by atoms with van der Waals surface area (Å²) in [6, 6.07) is 12.1. The molecule has 27 heavy (non-hydrogen) atoms. The predicted molar refractivity (Wildman–Crippen MR) is 110 cm³/mol. The molecule has 0 saturated carbocycles. The molecule has 1 aliphatic rings. The van der Waals surface area contributed by atoms with Gasteiger partial charge in [0.1, 0.15) is 5.75 Å². The number of aromatic nitrogens is 1. The van der Waals surface area contributed by atoms with E-state index >= 15 is 0 Å². The molecule has 0 bridgehead atoms. The molecule has 0 saturated heterocycles. The van der Waals surface area contributed by atoms with Crippen LogP contribution >= 0.6 is 11.3 Å². The topological polar surface area (TPSA) is 43.6 Å². The van der Waals surface area contributed by atoms with E-state index in [1.807, 2.05) is 30.3 Å². The van der Waals surface area contributed by atoms with Gasteiger partial charge in [0.15, 0.2) is 4.80 Å². The molecule has 1 heterocycles. The van der Waals surface area contributed by atoms with Crippen molar-refractivity contribution in [3.8, 4) is 5.75 Å². The van der Waals surface area contributed by atoms with E-state index < -0.39 is 0 Å². The van der Waals surface area contributed by atoms with Crippen LogP contribution in [0, 0.1) is 0 Å². The van der Waals surface area contributed by atoms with Crippen LogP contribution in [0.1, 0.15) is 47.7 Å². The number of thiazole rings is 1. The van der Waals surface area contributed by atoms with E-state index in [1.54, 1.807) is 18.4 Å². The molecule has 1 aliphatic carbocycles. The van der Waals surface area contributed by atoms with Gasteiger partial charge in [0.05, 0.1) is 17.3 Å². The van der Waals surface area contributed by atoms with Gasteiger partial charge in [-0.1, -0.05) is 24.3 Å². The van der Waals surface area contributed by atoms with Crippen molar-refractivity contribution in [3.05, 3.63) is 57.9 Å². The van der Waals surface area contributed by atoms with Crippen LogP contribution in [0.5, 0.6) is 5.75 Å². The fraction of sp³-hybridized carbons (Fsp3) is 0.364. The third-order valence-corrected chi connectivity index (χ3v) is 6.17. The van der Waals surface area contributed by atoms with E-state index in [9.17, 15) is 4.79 Å². The Balaban J connectivity index is 1.77. The van der Waals surface area contributed by atoms with E-state index in [2.05, 4.69) is 22.5 Å². The lowest BCUT2D eigenvalue weighted by Crippen LogP contribution is -2.17. The summed E-state index contributed by atoms with van der Waals surface area (Å²) in [5.41, 5.74) is 4.48. The molecule has 0 fully saturated rings. The number of methoxy groups -OCH3 is 1. The average molecular weight is 381 g/mol. The summed E-state index contributed by atoms with van der Waals surface area (Å²) in [5.74, 6) is 0.659. The van der Waals surface area contributed by atoms with E-state index in [4.69, 9.17) is 4.74 Å². The van der Waals surface area contributed by atoms with Crippen LogP contribution in [0.25, 0.3) is 10.2 Å². The molecule has 4 rings (SSSR count). The average Bonchev–Trinajstić information content (AvgIpc) is 3.04. The molecule has 3 aromatic rings. The Hall–Kier alpha value is -2.40. The maximum atomic E-state index is 12.9. The highest BCUT2D eigenvalue weighted by Crippen LogP contribution is 2.24. The van der Waals surface area contributed by atoms with Crippen molar-refractivity contribution in [3.63, 3.8) is 0 Å². The molecular formula is C22H24N2O2S. The lowest BCUT2D eigenvalue weighted by Gasteiger charge is -2.15.